The van der Waals surface area contributed by atoms with Gasteiger partial charge in [-0.3, -0.25) is 4.98 Å². The molecule has 5 heteroatoms. The van der Waals surface area contributed by atoms with Gasteiger partial charge < -0.3 is 10.1 Å². The molecule has 0 amide bonds. The molecule has 116 valence electrons. The number of hydrogen-bond donors (Lipinski definition) is 1. The van der Waals surface area contributed by atoms with Crippen molar-refractivity contribution in [2.24, 2.45) is 5.92 Å². The third-order valence-corrected chi connectivity index (χ3v) is 4.21. The van der Waals surface area contributed by atoms with Gasteiger partial charge in [0.05, 0.1) is 6.20 Å². The summed E-state index contributed by atoms with van der Waals surface area (Å²) in [4.78, 5) is 3.96. The molecule has 1 fully saturated rings. The molecular formula is C17H18ClFN2O. The average Bonchev–Trinajstić information content (AvgIpc) is 3.00. The van der Waals surface area contributed by atoms with Crippen LogP contribution < -0.4 is 10.1 Å². The maximum Gasteiger partial charge on any atom is 0.141 e. The molecule has 3 rings (SSSR count). The summed E-state index contributed by atoms with van der Waals surface area (Å²) >= 11 is 5.99. The maximum absolute atomic E-state index is 13.5. The highest BCUT2D eigenvalue weighted by Crippen LogP contribution is 2.34. The van der Waals surface area contributed by atoms with E-state index in [1.54, 1.807) is 12.3 Å². The van der Waals surface area contributed by atoms with Crippen molar-refractivity contribution in [2.45, 2.75) is 19.4 Å². The summed E-state index contributed by atoms with van der Waals surface area (Å²) in [5.41, 5.74) is 1.73. The van der Waals surface area contributed by atoms with Gasteiger partial charge in [0.1, 0.15) is 17.7 Å². The van der Waals surface area contributed by atoms with Crippen LogP contribution in [0.25, 0.3) is 0 Å². The second-order valence-corrected chi connectivity index (χ2v) is 6.07. The van der Waals surface area contributed by atoms with Crippen LogP contribution in [0.4, 0.5) is 4.39 Å². The number of nitrogens with zero attached hydrogens (tertiary/aromatic N) is 1. The van der Waals surface area contributed by atoms with E-state index in [1.807, 2.05) is 19.1 Å². The van der Waals surface area contributed by atoms with Crippen LogP contribution in [0.5, 0.6) is 5.75 Å². The minimum absolute atomic E-state index is 0.224. The third kappa shape index (κ3) is 3.39. The Morgan fingerprint density at radius 3 is 2.91 bits per heavy atom. The van der Waals surface area contributed by atoms with Gasteiger partial charge >= 0.3 is 0 Å². The molecule has 0 radical (unpaired) electrons. The second kappa shape index (κ2) is 6.63. The van der Waals surface area contributed by atoms with Gasteiger partial charge in [-0.2, -0.15) is 0 Å². The molecule has 22 heavy (non-hydrogen) atoms. The van der Waals surface area contributed by atoms with E-state index in [4.69, 9.17) is 16.3 Å². The van der Waals surface area contributed by atoms with Crippen molar-refractivity contribution in [3.63, 3.8) is 0 Å². The zero-order chi connectivity index (χ0) is 15.5. The lowest BCUT2D eigenvalue weighted by molar-refractivity contribution is 0.142. The van der Waals surface area contributed by atoms with E-state index in [1.165, 1.54) is 12.3 Å². The van der Waals surface area contributed by atoms with E-state index >= 15 is 0 Å². The standard InChI is InChI=1S/C17H18ClFN2O/c1-11-6-14(18)2-3-16(11)22-17(12-4-5-20-8-12)13-7-15(19)10-21-9-13/h2-3,6-7,9-10,12,17,20H,4-5,8H2,1H3/t12-,17?/m0/s1. The molecule has 1 aliphatic heterocycles. The molecule has 3 nitrogen and oxygen atoms in total. The Morgan fingerprint density at radius 1 is 1.36 bits per heavy atom. The zero-order valence-electron chi connectivity index (χ0n) is 12.4. The Bertz CT molecular complexity index is 659. The lowest BCUT2D eigenvalue weighted by Crippen LogP contribution is -2.22. The molecule has 2 aromatic rings. The van der Waals surface area contributed by atoms with Gasteiger partial charge in [-0.15, -0.1) is 0 Å². The first-order valence-corrected chi connectivity index (χ1v) is 7.75. The smallest absolute Gasteiger partial charge is 0.141 e. The molecule has 1 aromatic heterocycles. The number of nitrogens with one attached hydrogen (secondary N) is 1. The molecule has 1 aromatic carbocycles. The van der Waals surface area contributed by atoms with E-state index in [0.717, 1.165) is 36.4 Å². The summed E-state index contributed by atoms with van der Waals surface area (Å²) in [5, 5.41) is 4.01. The third-order valence-electron chi connectivity index (χ3n) is 3.97. The van der Waals surface area contributed by atoms with E-state index in [2.05, 4.69) is 10.3 Å². The quantitative estimate of drug-likeness (QED) is 0.927. The molecule has 0 spiro atoms. The first-order valence-electron chi connectivity index (χ1n) is 7.37. The molecule has 0 saturated carbocycles. The lowest BCUT2D eigenvalue weighted by Gasteiger charge is -2.25. The van der Waals surface area contributed by atoms with E-state index < -0.39 is 0 Å². The highest BCUT2D eigenvalue weighted by atomic mass is 35.5. The molecule has 1 N–H and O–H groups in total. The fourth-order valence-corrected chi connectivity index (χ4v) is 3.06. The predicted octanol–water partition coefficient (Wildman–Crippen LogP) is 3.91. The van der Waals surface area contributed by atoms with Crippen LogP contribution in [0, 0.1) is 18.7 Å². The van der Waals surface area contributed by atoms with Crippen molar-refractivity contribution >= 4 is 11.6 Å². The molecule has 1 saturated heterocycles. The first-order chi connectivity index (χ1) is 10.6. The summed E-state index contributed by atoms with van der Waals surface area (Å²) in [6, 6.07) is 7.03. The van der Waals surface area contributed by atoms with Crippen molar-refractivity contribution in [3.8, 4) is 5.75 Å². The minimum Gasteiger partial charge on any atom is -0.485 e. The molecule has 2 atom stereocenters. The molecule has 1 aliphatic rings. The second-order valence-electron chi connectivity index (χ2n) is 5.64. The van der Waals surface area contributed by atoms with Crippen LogP contribution in [-0.4, -0.2) is 18.1 Å². The Balaban J connectivity index is 1.91. The number of halogens is 2. The van der Waals surface area contributed by atoms with Gasteiger partial charge in [0.2, 0.25) is 0 Å². The lowest BCUT2D eigenvalue weighted by atomic mass is 9.95. The highest BCUT2D eigenvalue weighted by Gasteiger charge is 2.29. The Morgan fingerprint density at radius 2 is 2.23 bits per heavy atom. The number of aryl methyl sites for hydroxylation is 1. The number of benzene rings is 1. The first kappa shape index (κ1) is 15.3. The maximum atomic E-state index is 13.5. The fourth-order valence-electron chi connectivity index (χ4n) is 2.84. The Hall–Kier alpha value is -1.65. The monoisotopic (exact) mass is 320 g/mol. The van der Waals surface area contributed by atoms with Crippen molar-refractivity contribution < 1.29 is 9.13 Å². The number of rotatable bonds is 4. The normalized spacial score (nSPS) is 19.1. The Labute approximate surface area is 134 Å². The van der Waals surface area contributed by atoms with Crippen molar-refractivity contribution in [1.82, 2.24) is 10.3 Å². The van der Waals surface area contributed by atoms with Crippen LogP contribution in [-0.2, 0) is 0 Å². The van der Waals surface area contributed by atoms with Crippen LogP contribution >= 0.6 is 11.6 Å². The summed E-state index contributed by atoms with van der Waals surface area (Å²) in [7, 11) is 0. The minimum atomic E-state index is -0.343. The predicted molar refractivity (Wildman–Crippen MR) is 84.7 cm³/mol. The largest absolute Gasteiger partial charge is 0.485 e. The zero-order valence-corrected chi connectivity index (χ0v) is 13.1. The van der Waals surface area contributed by atoms with E-state index in [0.29, 0.717) is 10.9 Å². The molecule has 1 unspecified atom stereocenters. The van der Waals surface area contributed by atoms with E-state index in [9.17, 15) is 4.39 Å². The van der Waals surface area contributed by atoms with Gasteiger partial charge in [-0.1, -0.05) is 11.6 Å². The number of pyridine rings is 1. The van der Waals surface area contributed by atoms with Gasteiger partial charge in [-0.25, -0.2) is 4.39 Å². The average molecular weight is 321 g/mol. The van der Waals surface area contributed by atoms with Crippen molar-refractivity contribution in [1.29, 1.82) is 0 Å². The summed E-state index contributed by atoms with van der Waals surface area (Å²) < 4.78 is 19.8. The number of hydrogen-bond acceptors (Lipinski definition) is 3. The number of ether oxygens (including phenoxy) is 1. The molecular weight excluding hydrogens is 303 g/mol. The van der Waals surface area contributed by atoms with Crippen LogP contribution in [0.1, 0.15) is 23.7 Å². The molecule has 0 bridgehead atoms. The number of aromatic nitrogens is 1. The molecule has 2 heterocycles. The SMILES string of the molecule is Cc1cc(Cl)ccc1OC(c1cncc(F)c1)[C@H]1CCNC1. The van der Waals surface area contributed by atoms with Crippen LogP contribution in [0.3, 0.4) is 0 Å². The van der Waals surface area contributed by atoms with Gasteiger partial charge in [0, 0.05) is 29.2 Å². The summed E-state index contributed by atoms with van der Waals surface area (Å²) in [5.74, 6) is 0.717. The molecule has 0 aliphatic carbocycles. The summed E-state index contributed by atoms with van der Waals surface area (Å²) in [6.07, 6.45) is 3.66. The van der Waals surface area contributed by atoms with Crippen LogP contribution in [0.2, 0.25) is 5.02 Å². The highest BCUT2D eigenvalue weighted by molar-refractivity contribution is 6.30. The fraction of sp³-hybridized carbons (Fsp3) is 0.353. The van der Waals surface area contributed by atoms with Gasteiger partial charge in [0.15, 0.2) is 0 Å². The van der Waals surface area contributed by atoms with Gasteiger partial charge in [-0.05, 0) is 49.7 Å². The Kier molecular flexibility index (Phi) is 4.60. The summed E-state index contributed by atoms with van der Waals surface area (Å²) in [6.45, 7) is 3.76. The van der Waals surface area contributed by atoms with Crippen molar-refractivity contribution in [2.75, 3.05) is 13.1 Å². The van der Waals surface area contributed by atoms with Gasteiger partial charge in [0.25, 0.3) is 0 Å². The topological polar surface area (TPSA) is 34.1 Å². The van der Waals surface area contributed by atoms with Crippen LogP contribution in [0.15, 0.2) is 36.7 Å². The van der Waals surface area contributed by atoms with Crippen molar-refractivity contribution in [3.05, 3.63) is 58.6 Å². The van der Waals surface area contributed by atoms with E-state index in [-0.39, 0.29) is 11.9 Å².